The monoisotopic (exact) mass is 546 g/mol. The van der Waals surface area contributed by atoms with Crippen molar-refractivity contribution in [3.63, 3.8) is 0 Å². The third-order valence-electron chi connectivity index (χ3n) is 6.34. The Morgan fingerprint density at radius 1 is 0.475 bits per heavy atom. The first-order valence-electron chi connectivity index (χ1n) is 14.5. The third kappa shape index (κ3) is 13.6. The molecule has 218 valence electrons. The van der Waals surface area contributed by atoms with Crippen molar-refractivity contribution in [2.75, 3.05) is 26.4 Å². The fourth-order valence-corrected chi connectivity index (χ4v) is 3.88. The topological polar surface area (TPSA) is 36.9 Å². The molecule has 0 heterocycles. The van der Waals surface area contributed by atoms with Crippen LogP contribution in [0.5, 0.6) is 23.0 Å². The highest BCUT2D eigenvalue weighted by atomic mass is 16.5. The Hall–Kier alpha value is -3.40. The van der Waals surface area contributed by atoms with E-state index in [1.165, 1.54) is 11.1 Å². The van der Waals surface area contributed by atoms with E-state index in [1.54, 1.807) is 0 Å². The molecule has 0 saturated carbocycles. The van der Waals surface area contributed by atoms with Crippen molar-refractivity contribution in [3.8, 4) is 23.0 Å². The Morgan fingerprint density at radius 3 is 1.07 bits per heavy atom. The lowest BCUT2D eigenvalue weighted by atomic mass is 10.0. The van der Waals surface area contributed by atoms with Gasteiger partial charge in [0.1, 0.15) is 0 Å². The zero-order valence-corrected chi connectivity index (χ0v) is 25.4. The van der Waals surface area contributed by atoms with Gasteiger partial charge in [0.05, 0.1) is 26.4 Å². The van der Waals surface area contributed by atoms with Crippen molar-refractivity contribution in [2.45, 2.75) is 79.1 Å². The standard InChI is InChI=1S/C36H50O4/c1-27(2)17-21-37-33-15-13-31(25-35(33)39-23-19-29(5)6)11-9-10-12-32-14-16-34(38-22-18-28(3)4)36(26-32)40-24-20-30(7)8/h13-16,25-26H,1,3,5,7,9-12,17-24H2,2,4,6,8H3. The maximum absolute atomic E-state index is 6.09. The summed E-state index contributed by atoms with van der Waals surface area (Å²) in [6, 6.07) is 12.6. The van der Waals surface area contributed by atoms with Crippen LogP contribution in [-0.2, 0) is 12.8 Å². The van der Waals surface area contributed by atoms with Crippen molar-refractivity contribution in [2.24, 2.45) is 0 Å². The zero-order valence-electron chi connectivity index (χ0n) is 25.4. The molecule has 0 spiro atoms. The molecular weight excluding hydrogens is 496 g/mol. The first kappa shape index (κ1) is 32.8. The van der Waals surface area contributed by atoms with Crippen LogP contribution in [0.25, 0.3) is 0 Å². The minimum atomic E-state index is 0.597. The van der Waals surface area contributed by atoms with Crippen LogP contribution in [0.3, 0.4) is 0 Å². The molecule has 0 aromatic heterocycles. The molecule has 2 aromatic carbocycles. The van der Waals surface area contributed by atoms with Crippen LogP contribution >= 0.6 is 0 Å². The predicted octanol–water partition coefficient (Wildman–Crippen LogP) is 9.63. The van der Waals surface area contributed by atoms with Gasteiger partial charge in [-0.05, 0) is 88.8 Å². The summed E-state index contributed by atoms with van der Waals surface area (Å²) < 4.78 is 24.2. The van der Waals surface area contributed by atoms with Gasteiger partial charge in [-0.25, -0.2) is 0 Å². The van der Waals surface area contributed by atoms with E-state index in [0.717, 1.165) is 96.7 Å². The fourth-order valence-electron chi connectivity index (χ4n) is 3.88. The smallest absolute Gasteiger partial charge is 0.161 e. The van der Waals surface area contributed by atoms with Gasteiger partial charge in [0.2, 0.25) is 0 Å². The Kier molecular flexibility index (Phi) is 14.8. The van der Waals surface area contributed by atoms with Gasteiger partial charge < -0.3 is 18.9 Å². The van der Waals surface area contributed by atoms with Crippen LogP contribution in [0.1, 0.15) is 77.3 Å². The van der Waals surface area contributed by atoms with Crippen LogP contribution in [0.15, 0.2) is 85.0 Å². The molecule has 0 radical (unpaired) electrons. The van der Waals surface area contributed by atoms with E-state index >= 15 is 0 Å². The summed E-state index contributed by atoms with van der Waals surface area (Å²) in [6.45, 7) is 26.3. The SMILES string of the molecule is C=C(C)CCOc1ccc(CCCCc2ccc(OCCC(=C)C)c(OCCC(=C)C)c2)cc1OCCC(=C)C. The van der Waals surface area contributed by atoms with E-state index < -0.39 is 0 Å². The Labute approximate surface area is 243 Å². The second-order valence-electron chi connectivity index (χ2n) is 11.0. The van der Waals surface area contributed by atoms with Crippen molar-refractivity contribution in [1.29, 1.82) is 0 Å². The molecule has 40 heavy (non-hydrogen) atoms. The van der Waals surface area contributed by atoms with Gasteiger partial charge in [0.15, 0.2) is 23.0 Å². The molecule has 0 amide bonds. The van der Waals surface area contributed by atoms with Gasteiger partial charge in [-0.3, -0.25) is 0 Å². The number of aryl methyl sites for hydroxylation is 2. The Bertz CT molecular complexity index is 1040. The number of hydrogen-bond donors (Lipinski definition) is 0. The predicted molar refractivity (Wildman–Crippen MR) is 169 cm³/mol. The van der Waals surface area contributed by atoms with Gasteiger partial charge >= 0.3 is 0 Å². The van der Waals surface area contributed by atoms with Crippen LogP contribution < -0.4 is 18.9 Å². The summed E-state index contributed by atoms with van der Waals surface area (Å²) >= 11 is 0. The maximum atomic E-state index is 6.09. The summed E-state index contributed by atoms with van der Waals surface area (Å²) in [6.07, 6.45) is 7.41. The van der Waals surface area contributed by atoms with Crippen molar-refractivity contribution in [1.82, 2.24) is 0 Å². The Morgan fingerprint density at radius 2 is 0.775 bits per heavy atom. The first-order valence-corrected chi connectivity index (χ1v) is 14.5. The summed E-state index contributed by atoms with van der Waals surface area (Å²) in [5.74, 6) is 3.19. The average Bonchev–Trinajstić information content (AvgIpc) is 2.88. The fraction of sp³-hybridized carbons (Fsp3) is 0.444. The van der Waals surface area contributed by atoms with Crippen molar-refractivity contribution in [3.05, 3.63) is 96.1 Å². The zero-order chi connectivity index (χ0) is 29.3. The maximum Gasteiger partial charge on any atom is 0.161 e. The summed E-state index contributed by atoms with van der Waals surface area (Å²) in [5, 5.41) is 0. The average molecular weight is 547 g/mol. The first-order chi connectivity index (χ1) is 19.1. The van der Waals surface area contributed by atoms with E-state index in [4.69, 9.17) is 18.9 Å². The lowest BCUT2D eigenvalue weighted by Crippen LogP contribution is -2.04. The van der Waals surface area contributed by atoms with Crippen molar-refractivity contribution >= 4 is 0 Å². The summed E-state index contributed by atoms with van der Waals surface area (Å²) in [5.41, 5.74) is 6.94. The lowest BCUT2D eigenvalue weighted by molar-refractivity contribution is 0.271. The molecule has 0 aliphatic carbocycles. The van der Waals surface area contributed by atoms with E-state index in [9.17, 15) is 0 Å². The largest absolute Gasteiger partial charge is 0.489 e. The summed E-state index contributed by atoms with van der Waals surface area (Å²) in [4.78, 5) is 0. The van der Waals surface area contributed by atoms with E-state index in [-0.39, 0.29) is 0 Å². The molecule has 2 aromatic rings. The Balaban J connectivity index is 1.97. The van der Waals surface area contributed by atoms with Crippen molar-refractivity contribution < 1.29 is 18.9 Å². The molecule has 0 fully saturated rings. The van der Waals surface area contributed by atoms with Gasteiger partial charge in [0.25, 0.3) is 0 Å². The summed E-state index contributed by atoms with van der Waals surface area (Å²) in [7, 11) is 0. The molecule has 2 rings (SSSR count). The second-order valence-corrected chi connectivity index (χ2v) is 11.0. The minimum Gasteiger partial charge on any atom is -0.489 e. The van der Waals surface area contributed by atoms with E-state index in [1.807, 2.05) is 39.8 Å². The van der Waals surface area contributed by atoms with Crippen LogP contribution in [0, 0.1) is 0 Å². The molecule has 0 atom stereocenters. The van der Waals surface area contributed by atoms with Crippen LogP contribution in [0.2, 0.25) is 0 Å². The van der Waals surface area contributed by atoms with Gasteiger partial charge in [-0.2, -0.15) is 0 Å². The quantitative estimate of drug-likeness (QED) is 0.115. The molecule has 4 nitrogen and oxygen atoms in total. The molecule has 0 unspecified atom stereocenters. The number of unbranched alkanes of at least 4 members (excludes halogenated alkanes) is 1. The highest BCUT2D eigenvalue weighted by molar-refractivity contribution is 5.44. The number of hydrogen-bond acceptors (Lipinski definition) is 4. The highest BCUT2D eigenvalue weighted by Crippen LogP contribution is 2.31. The minimum absolute atomic E-state index is 0.597. The van der Waals surface area contributed by atoms with E-state index in [2.05, 4.69) is 50.6 Å². The molecule has 4 heteroatoms. The molecule has 0 aliphatic rings. The highest BCUT2D eigenvalue weighted by Gasteiger charge is 2.10. The number of benzene rings is 2. The second kappa shape index (κ2) is 18.0. The van der Waals surface area contributed by atoms with Gasteiger partial charge in [0, 0.05) is 25.7 Å². The molecular formula is C36H50O4. The van der Waals surface area contributed by atoms with Crippen LogP contribution in [0.4, 0.5) is 0 Å². The van der Waals surface area contributed by atoms with Gasteiger partial charge in [-0.15, -0.1) is 26.3 Å². The van der Waals surface area contributed by atoms with Gasteiger partial charge in [-0.1, -0.05) is 34.4 Å². The molecule has 0 aliphatic heterocycles. The van der Waals surface area contributed by atoms with E-state index in [0.29, 0.717) is 26.4 Å². The molecule has 0 bridgehead atoms. The lowest BCUT2D eigenvalue weighted by Gasteiger charge is -2.15. The number of ether oxygens (including phenoxy) is 4. The molecule has 0 saturated heterocycles. The number of rotatable bonds is 21. The normalized spacial score (nSPS) is 10.6. The molecule has 0 N–H and O–H groups in total. The van der Waals surface area contributed by atoms with Crippen LogP contribution in [-0.4, -0.2) is 26.4 Å². The third-order valence-corrected chi connectivity index (χ3v) is 6.34.